The number of hydrogen-bond donors (Lipinski definition) is 1. The quantitative estimate of drug-likeness (QED) is 0.752. The summed E-state index contributed by atoms with van der Waals surface area (Å²) in [5.41, 5.74) is 0.753. The lowest BCUT2D eigenvalue weighted by atomic mass is 10.1. The van der Waals surface area contributed by atoms with E-state index in [0.717, 1.165) is 31.6 Å². The Morgan fingerprint density at radius 2 is 2.56 bits per heavy atom. The molecule has 1 amide bonds. The van der Waals surface area contributed by atoms with E-state index in [9.17, 15) is 4.79 Å². The third kappa shape index (κ3) is 1.51. The number of carbonyl (C=O) groups excluding carboxylic acids is 1. The molecule has 2 aliphatic heterocycles. The maximum Gasteiger partial charge on any atom is 0.292 e. The summed E-state index contributed by atoms with van der Waals surface area (Å²) in [7, 11) is 0. The highest BCUT2D eigenvalue weighted by molar-refractivity contribution is 5.92. The largest absolute Gasteiger partial charge is 0.351 e. The fraction of sp³-hybridized carbons (Fsp3) is 0.636. The summed E-state index contributed by atoms with van der Waals surface area (Å²) in [6.07, 6.45) is 2.11. The molecule has 2 atom stereocenters. The Morgan fingerprint density at radius 1 is 1.69 bits per heavy atom. The first-order chi connectivity index (χ1) is 7.74. The topological polar surface area (TPSA) is 58.4 Å². The minimum atomic E-state index is -0.0169. The summed E-state index contributed by atoms with van der Waals surface area (Å²) in [6.45, 7) is 3.63. The van der Waals surface area contributed by atoms with Crippen molar-refractivity contribution in [1.29, 1.82) is 0 Å². The lowest BCUT2D eigenvalue weighted by Crippen LogP contribution is -2.36. The number of nitrogens with one attached hydrogen (secondary N) is 1. The van der Waals surface area contributed by atoms with E-state index in [2.05, 4.69) is 10.5 Å². The minimum Gasteiger partial charge on any atom is -0.351 e. The van der Waals surface area contributed by atoms with Crippen LogP contribution in [0.3, 0.4) is 0 Å². The summed E-state index contributed by atoms with van der Waals surface area (Å²) < 4.78 is 5.03. The molecule has 5 nitrogen and oxygen atoms in total. The zero-order valence-electron chi connectivity index (χ0n) is 9.27. The molecule has 0 spiro atoms. The second kappa shape index (κ2) is 3.59. The molecule has 2 unspecified atom stereocenters. The molecule has 1 N–H and O–H groups in total. The maximum absolute atomic E-state index is 12.2. The van der Waals surface area contributed by atoms with Gasteiger partial charge in [0.1, 0.15) is 0 Å². The van der Waals surface area contributed by atoms with Crippen molar-refractivity contribution < 1.29 is 9.32 Å². The van der Waals surface area contributed by atoms with Gasteiger partial charge in [-0.2, -0.15) is 0 Å². The van der Waals surface area contributed by atoms with Crippen LogP contribution in [0.2, 0.25) is 0 Å². The van der Waals surface area contributed by atoms with Gasteiger partial charge in [-0.3, -0.25) is 4.79 Å². The number of piperidine rings is 1. The average molecular weight is 221 g/mol. The Morgan fingerprint density at radius 3 is 3.25 bits per heavy atom. The van der Waals surface area contributed by atoms with Crippen LogP contribution in [0.1, 0.15) is 29.1 Å². The Hall–Kier alpha value is -1.36. The van der Waals surface area contributed by atoms with Crippen LogP contribution in [0.25, 0.3) is 0 Å². The van der Waals surface area contributed by atoms with E-state index in [1.165, 1.54) is 0 Å². The van der Waals surface area contributed by atoms with E-state index in [1.807, 2.05) is 11.8 Å². The third-order valence-electron chi connectivity index (χ3n) is 3.42. The predicted octanol–water partition coefficient (Wildman–Crippen LogP) is 0.559. The van der Waals surface area contributed by atoms with Crippen LogP contribution >= 0.6 is 0 Å². The zero-order valence-corrected chi connectivity index (χ0v) is 9.27. The van der Waals surface area contributed by atoms with Gasteiger partial charge in [-0.25, -0.2) is 0 Å². The molecular formula is C11H15N3O2. The maximum atomic E-state index is 12.2. The molecule has 2 bridgehead atoms. The summed E-state index contributed by atoms with van der Waals surface area (Å²) in [4.78, 5) is 14.1. The van der Waals surface area contributed by atoms with Crippen molar-refractivity contribution in [1.82, 2.24) is 15.4 Å². The molecule has 3 rings (SSSR count). The molecule has 5 heteroatoms. The van der Waals surface area contributed by atoms with E-state index in [0.29, 0.717) is 17.8 Å². The standard InChI is InChI=1S/C11H15N3O2/c1-7-4-10(16-13-7)11(15)14-6-8-5-9(14)2-3-12-8/h4,8-9,12H,2-3,5-6H2,1H3. The Balaban J connectivity index is 1.80. The predicted molar refractivity (Wildman–Crippen MR) is 57.1 cm³/mol. The van der Waals surface area contributed by atoms with Crippen molar-refractivity contribution in [3.8, 4) is 0 Å². The zero-order chi connectivity index (χ0) is 11.1. The number of aryl methyl sites for hydroxylation is 1. The fourth-order valence-corrected chi connectivity index (χ4v) is 2.65. The molecule has 86 valence electrons. The first kappa shape index (κ1) is 9.84. The first-order valence-corrected chi connectivity index (χ1v) is 5.72. The van der Waals surface area contributed by atoms with Crippen LogP contribution in [0.15, 0.2) is 10.6 Å². The van der Waals surface area contributed by atoms with Crippen LogP contribution in [0, 0.1) is 6.92 Å². The van der Waals surface area contributed by atoms with E-state index in [-0.39, 0.29) is 5.91 Å². The molecule has 2 aliphatic rings. The van der Waals surface area contributed by atoms with Crippen LogP contribution in [-0.2, 0) is 0 Å². The second-order valence-electron chi connectivity index (χ2n) is 4.62. The van der Waals surface area contributed by atoms with Crippen molar-refractivity contribution in [2.45, 2.75) is 31.8 Å². The summed E-state index contributed by atoms with van der Waals surface area (Å²) >= 11 is 0. The average Bonchev–Trinajstić information content (AvgIpc) is 2.83. The molecule has 3 heterocycles. The monoisotopic (exact) mass is 221 g/mol. The Kier molecular flexibility index (Phi) is 2.21. The van der Waals surface area contributed by atoms with Crippen molar-refractivity contribution in [2.75, 3.05) is 13.1 Å². The molecule has 16 heavy (non-hydrogen) atoms. The summed E-state index contributed by atoms with van der Waals surface area (Å²) in [5.74, 6) is 0.349. The van der Waals surface area contributed by atoms with E-state index >= 15 is 0 Å². The molecule has 1 aromatic heterocycles. The lowest BCUT2D eigenvalue weighted by molar-refractivity contribution is 0.0694. The number of amides is 1. The van der Waals surface area contributed by atoms with Crippen molar-refractivity contribution in [3.05, 3.63) is 17.5 Å². The molecule has 2 saturated heterocycles. The van der Waals surface area contributed by atoms with Gasteiger partial charge in [-0.15, -0.1) is 0 Å². The first-order valence-electron chi connectivity index (χ1n) is 5.72. The fourth-order valence-electron chi connectivity index (χ4n) is 2.65. The smallest absolute Gasteiger partial charge is 0.292 e. The van der Waals surface area contributed by atoms with Crippen molar-refractivity contribution in [3.63, 3.8) is 0 Å². The van der Waals surface area contributed by atoms with Crippen LogP contribution in [-0.4, -0.2) is 41.1 Å². The highest BCUT2D eigenvalue weighted by Gasteiger charge is 2.38. The lowest BCUT2D eigenvalue weighted by Gasteiger charge is -2.23. The number of fused-ring (bicyclic) bond motifs is 2. The van der Waals surface area contributed by atoms with Crippen LogP contribution < -0.4 is 5.32 Å². The van der Waals surface area contributed by atoms with Gasteiger partial charge in [0.05, 0.1) is 5.69 Å². The van der Waals surface area contributed by atoms with Crippen LogP contribution in [0.5, 0.6) is 0 Å². The highest BCUT2D eigenvalue weighted by Crippen LogP contribution is 2.26. The minimum absolute atomic E-state index is 0.0169. The van der Waals surface area contributed by atoms with Gasteiger partial charge in [0.15, 0.2) is 0 Å². The van der Waals surface area contributed by atoms with Gasteiger partial charge in [0.25, 0.3) is 5.91 Å². The van der Waals surface area contributed by atoms with E-state index < -0.39 is 0 Å². The number of nitrogens with zero attached hydrogens (tertiary/aromatic N) is 2. The normalized spacial score (nSPS) is 28.4. The summed E-state index contributed by atoms with van der Waals surface area (Å²) in [5, 5.41) is 7.17. The van der Waals surface area contributed by atoms with Gasteiger partial charge in [0.2, 0.25) is 5.76 Å². The van der Waals surface area contributed by atoms with Crippen molar-refractivity contribution >= 4 is 5.91 Å². The van der Waals surface area contributed by atoms with Crippen LogP contribution in [0.4, 0.5) is 0 Å². The number of rotatable bonds is 1. The SMILES string of the molecule is Cc1cc(C(=O)N2CC3CC2CCN3)on1. The molecule has 1 aromatic rings. The molecule has 0 radical (unpaired) electrons. The molecule has 2 fully saturated rings. The number of hydrogen-bond acceptors (Lipinski definition) is 4. The molecule has 0 aromatic carbocycles. The molecular weight excluding hydrogens is 206 g/mol. The van der Waals surface area contributed by atoms with Crippen molar-refractivity contribution in [2.24, 2.45) is 0 Å². The van der Waals surface area contributed by atoms with Gasteiger partial charge >= 0.3 is 0 Å². The summed E-state index contributed by atoms with van der Waals surface area (Å²) in [6, 6.07) is 2.55. The van der Waals surface area contributed by atoms with Gasteiger partial charge in [0, 0.05) is 24.7 Å². The number of aromatic nitrogens is 1. The van der Waals surface area contributed by atoms with E-state index in [1.54, 1.807) is 6.07 Å². The number of likely N-dealkylation sites (tertiary alicyclic amines) is 1. The van der Waals surface area contributed by atoms with Gasteiger partial charge in [-0.05, 0) is 26.3 Å². The second-order valence-corrected chi connectivity index (χ2v) is 4.62. The third-order valence-corrected chi connectivity index (χ3v) is 3.42. The highest BCUT2D eigenvalue weighted by atomic mass is 16.5. The molecule has 0 saturated carbocycles. The van der Waals surface area contributed by atoms with E-state index in [4.69, 9.17) is 4.52 Å². The Labute approximate surface area is 93.8 Å². The van der Waals surface area contributed by atoms with Gasteiger partial charge in [-0.1, -0.05) is 5.16 Å². The number of carbonyl (C=O) groups is 1. The molecule has 0 aliphatic carbocycles. The van der Waals surface area contributed by atoms with Gasteiger partial charge < -0.3 is 14.7 Å². The Bertz CT molecular complexity index is 415.